The lowest BCUT2D eigenvalue weighted by atomic mass is 10.3. The molecule has 26 heavy (non-hydrogen) atoms. The number of benzene rings is 1. The molecule has 0 amide bonds. The van der Waals surface area contributed by atoms with E-state index in [9.17, 15) is 0 Å². The second kappa shape index (κ2) is 12.5. The molecule has 1 aromatic heterocycles. The van der Waals surface area contributed by atoms with E-state index in [1.165, 1.54) is 0 Å². The van der Waals surface area contributed by atoms with Crippen LogP contribution in [0.3, 0.4) is 0 Å². The monoisotopic (exact) mass is 472 g/mol. The molecule has 0 aliphatic rings. The van der Waals surface area contributed by atoms with Crippen molar-refractivity contribution in [3.8, 4) is 5.75 Å². The number of ether oxygens (including phenoxy) is 1. The first-order valence-corrected chi connectivity index (χ1v) is 8.75. The number of hydrogen-bond donors (Lipinski definition) is 2. The first-order chi connectivity index (χ1) is 12.2. The minimum absolute atomic E-state index is 0. The van der Waals surface area contributed by atoms with Gasteiger partial charge in [0.05, 0.1) is 6.54 Å². The zero-order chi connectivity index (χ0) is 17.9. The fourth-order valence-corrected chi connectivity index (χ4v) is 2.15. The Balaban J connectivity index is 0.00000338. The quantitative estimate of drug-likeness (QED) is 0.254. The smallest absolute Gasteiger partial charge is 0.191 e. The minimum atomic E-state index is 0. The summed E-state index contributed by atoms with van der Waals surface area (Å²) in [6.45, 7) is 6.71. The number of para-hydroxylation sites is 1. The van der Waals surface area contributed by atoms with E-state index in [2.05, 4.69) is 32.7 Å². The fraction of sp³-hybridized carbons (Fsp3) is 0.500. The number of aliphatic imine (C=N–C) groups is 1. The Hall–Kier alpha value is -1.84. The number of hydrogen-bond acceptors (Lipinski definition) is 4. The Morgan fingerprint density at radius 3 is 2.54 bits per heavy atom. The van der Waals surface area contributed by atoms with Crippen molar-refractivity contribution in [1.29, 1.82) is 0 Å². The van der Waals surface area contributed by atoms with Gasteiger partial charge in [0.2, 0.25) is 0 Å². The van der Waals surface area contributed by atoms with Gasteiger partial charge in [0.25, 0.3) is 0 Å². The van der Waals surface area contributed by atoms with Crippen molar-refractivity contribution in [3.05, 3.63) is 42.0 Å². The summed E-state index contributed by atoms with van der Waals surface area (Å²) in [5, 5.41) is 14.9. The number of halogens is 1. The average Bonchev–Trinajstić information content (AvgIpc) is 2.95. The van der Waals surface area contributed by atoms with Crippen molar-refractivity contribution in [2.24, 2.45) is 12.0 Å². The highest BCUT2D eigenvalue weighted by atomic mass is 127. The van der Waals surface area contributed by atoms with Crippen molar-refractivity contribution < 1.29 is 4.74 Å². The van der Waals surface area contributed by atoms with Gasteiger partial charge >= 0.3 is 0 Å². The van der Waals surface area contributed by atoms with Crippen LogP contribution in [-0.4, -0.2) is 40.4 Å². The molecular formula is C18H29IN6O. The zero-order valence-corrected chi connectivity index (χ0v) is 18.1. The molecule has 0 saturated heterocycles. The number of nitrogens with one attached hydrogen (secondary N) is 2. The number of aromatic nitrogens is 3. The largest absolute Gasteiger partial charge is 0.492 e. The van der Waals surface area contributed by atoms with E-state index in [1.807, 2.05) is 48.9 Å². The predicted octanol–water partition coefficient (Wildman–Crippen LogP) is 2.66. The molecule has 0 unspecified atom stereocenters. The van der Waals surface area contributed by atoms with Crippen LogP contribution in [0, 0.1) is 6.92 Å². The molecular weight excluding hydrogens is 443 g/mol. The van der Waals surface area contributed by atoms with Gasteiger partial charge in [0, 0.05) is 13.6 Å². The normalized spacial score (nSPS) is 11.0. The molecule has 0 fully saturated rings. The topological polar surface area (TPSA) is 76.4 Å². The number of nitrogens with zero attached hydrogens (tertiary/aromatic N) is 4. The highest BCUT2D eigenvalue weighted by molar-refractivity contribution is 14.0. The van der Waals surface area contributed by atoms with E-state index < -0.39 is 0 Å². The van der Waals surface area contributed by atoms with Gasteiger partial charge < -0.3 is 19.9 Å². The van der Waals surface area contributed by atoms with E-state index >= 15 is 0 Å². The highest BCUT2D eigenvalue weighted by Gasteiger charge is 2.05. The van der Waals surface area contributed by atoms with Gasteiger partial charge in [-0.1, -0.05) is 31.5 Å². The Morgan fingerprint density at radius 1 is 1.15 bits per heavy atom. The third-order valence-electron chi connectivity index (χ3n) is 3.79. The summed E-state index contributed by atoms with van der Waals surface area (Å²) in [7, 11) is 1.95. The van der Waals surface area contributed by atoms with E-state index in [0.717, 1.165) is 42.7 Å². The van der Waals surface area contributed by atoms with E-state index in [-0.39, 0.29) is 24.0 Å². The van der Waals surface area contributed by atoms with Gasteiger partial charge in [0.1, 0.15) is 24.7 Å². The van der Waals surface area contributed by atoms with E-state index in [0.29, 0.717) is 19.7 Å². The van der Waals surface area contributed by atoms with Crippen LogP contribution in [0.4, 0.5) is 0 Å². The number of guanidine groups is 1. The van der Waals surface area contributed by atoms with Crippen molar-refractivity contribution >= 4 is 29.9 Å². The Labute approximate surface area is 172 Å². The molecule has 2 N–H and O–H groups in total. The van der Waals surface area contributed by atoms with Crippen LogP contribution in [0.15, 0.2) is 35.3 Å². The Morgan fingerprint density at radius 2 is 1.88 bits per heavy atom. The van der Waals surface area contributed by atoms with Crippen LogP contribution in [0.5, 0.6) is 5.75 Å². The maximum atomic E-state index is 5.70. The average molecular weight is 472 g/mol. The van der Waals surface area contributed by atoms with Gasteiger partial charge in [0.15, 0.2) is 11.8 Å². The number of aryl methyl sites for hydroxylation is 1. The molecule has 8 heteroatoms. The second-order valence-electron chi connectivity index (χ2n) is 5.76. The summed E-state index contributed by atoms with van der Waals surface area (Å²) in [5.74, 6) is 3.37. The van der Waals surface area contributed by atoms with Gasteiger partial charge in [-0.25, -0.2) is 4.99 Å². The maximum Gasteiger partial charge on any atom is 0.191 e. The lowest BCUT2D eigenvalue weighted by Gasteiger charge is -2.13. The molecule has 1 heterocycles. The highest BCUT2D eigenvalue weighted by Crippen LogP contribution is 2.07. The lowest BCUT2D eigenvalue weighted by Crippen LogP contribution is -2.40. The summed E-state index contributed by atoms with van der Waals surface area (Å²) in [6.07, 6.45) is 2.24. The second-order valence-corrected chi connectivity index (χ2v) is 5.76. The third-order valence-corrected chi connectivity index (χ3v) is 3.79. The van der Waals surface area contributed by atoms with Crippen LogP contribution < -0.4 is 15.4 Å². The SMILES string of the molecule is CCCCNC(=NCc1nnc(C)n1C)NCCOc1ccccc1.I. The van der Waals surface area contributed by atoms with Crippen LogP contribution in [0.2, 0.25) is 0 Å². The van der Waals surface area contributed by atoms with Gasteiger partial charge in [-0.2, -0.15) is 0 Å². The van der Waals surface area contributed by atoms with Gasteiger partial charge in [-0.05, 0) is 25.5 Å². The summed E-state index contributed by atoms with van der Waals surface area (Å²) < 4.78 is 7.65. The standard InChI is InChI=1S/C18H28N6O.HI/c1-4-5-11-19-18(21-14-17-23-22-15(2)24(17)3)20-12-13-25-16-9-7-6-8-10-16;/h6-10H,4-5,11-14H2,1-3H3,(H2,19,20,21);1H. The first-order valence-electron chi connectivity index (χ1n) is 8.75. The molecule has 0 saturated carbocycles. The van der Waals surface area contributed by atoms with Crippen molar-refractivity contribution in [2.75, 3.05) is 19.7 Å². The Bertz CT molecular complexity index is 659. The fourth-order valence-electron chi connectivity index (χ4n) is 2.15. The van der Waals surface area contributed by atoms with E-state index in [1.54, 1.807) is 0 Å². The molecule has 0 aliphatic heterocycles. The zero-order valence-electron chi connectivity index (χ0n) is 15.7. The molecule has 144 valence electrons. The van der Waals surface area contributed by atoms with Crippen LogP contribution in [-0.2, 0) is 13.6 Å². The van der Waals surface area contributed by atoms with Gasteiger partial charge in [-0.3, -0.25) is 0 Å². The minimum Gasteiger partial charge on any atom is -0.492 e. The summed E-state index contributed by atoms with van der Waals surface area (Å²) >= 11 is 0. The van der Waals surface area contributed by atoms with Gasteiger partial charge in [-0.15, -0.1) is 34.2 Å². The third kappa shape index (κ3) is 7.59. The molecule has 0 bridgehead atoms. The van der Waals surface area contributed by atoms with Crippen LogP contribution >= 0.6 is 24.0 Å². The van der Waals surface area contributed by atoms with Crippen LogP contribution in [0.1, 0.15) is 31.4 Å². The molecule has 0 radical (unpaired) electrons. The van der Waals surface area contributed by atoms with Crippen molar-refractivity contribution in [3.63, 3.8) is 0 Å². The number of unbranched alkanes of at least 4 members (excludes halogenated alkanes) is 1. The molecule has 1 aromatic carbocycles. The molecule has 7 nitrogen and oxygen atoms in total. The molecule has 2 rings (SSSR count). The van der Waals surface area contributed by atoms with Crippen molar-refractivity contribution in [1.82, 2.24) is 25.4 Å². The molecule has 0 spiro atoms. The number of rotatable bonds is 9. The van der Waals surface area contributed by atoms with Crippen LogP contribution in [0.25, 0.3) is 0 Å². The summed E-state index contributed by atoms with van der Waals surface area (Å²) in [4.78, 5) is 4.60. The first kappa shape index (κ1) is 22.2. The maximum absolute atomic E-state index is 5.70. The Kier molecular flexibility index (Phi) is 10.7. The molecule has 0 aliphatic carbocycles. The molecule has 0 atom stereocenters. The molecule has 2 aromatic rings. The lowest BCUT2D eigenvalue weighted by molar-refractivity contribution is 0.322. The summed E-state index contributed by atoms with van der Waals surface area (Å²) in [6, 6.07) is 9.80. The summed E-state index contributed by atoms with van der Waals surface area (Å²) in [5.41, 5.74) is 0. The van der Waals surface area contributed by atoms with Crippen molar-refractivity contribution in [2.45, 2.75) is 33.2 Å². The van der Waals surface area contributed by atoms with E-state index in [4.69, 9.17) is 4.74 Å². The predicted molar refractivity (Wildman–Crippen MR) is 115 cm³/mol.